The van der Waals surface area contributed by atoms with Crippen molar-refractivity contribution in [2.75, 3.05) is 5.73 Å². The fourth-order valence-corrected chi connectivity index (χ4v) is 1.91. The standard InChI is InChI=1S/C16H19NO/c1-3-12-8-13(4-2)10-16(9-12)18-15-7-5-6-14(17)11-15/h5-11H,3-4,17H2,1-2H3. The Morgan fingerprint density at radius 2 is 1.56 bits per heavy atom. The van der Waals surface area contributed by atoms with Gasteiger partial charge in [0.2, 0.25) is 0 Å². The van der Waals surface area contributed by atoms with E-state index < -0.39 is 0 Å². The van der Waals surface area contributed by atoms with Crippen molar-refractivity contribution in [2.45, 2.75) is 26.7 Å². The van der Waals surface area contributed by atoms with Crippen molar-refractivity contribution in [3.8, 4) is 11.5 Å². The van der Waals surface area contributed by atoms with Crippen molar-refractivity contribution in [2.24, 2.45) is 0 Å². The van der Waals surface area contributed by atoms with E-state index in [9.17, 15) is 0 Å². The molecule has 0 bridgehead atoms. The Kier molecular flexibility index (Phi) is 3.88. The van der Waals surface area contributed by atoms with Crippen LogP contribution in [0.1, 0.15) is 25.0 Å². The van der Waals surface area contributed by atoms with Crippen molar-refractivity contribution < 1.29 is 4.74 Å². The molecule has 0 unspecified atom stereocenters. The van der Waals surface area contributed by atoms with Gasteiger partial charge in [-0.3, -0.25) is 0 Å². The molecule has 2 nitrogen and oxygen atoms in total. The van der Waals surface area contributed by atoms with Gasteiger partial charge >= 0.3 is 0 Å². The highest BCUT2D eigenvalue weighted by Gasteiger charge is 2.02. The fraction of sp³-hybridized carbons (Fsp3) is 0.250. The van der Waals surface area contributed by atoms with Crippen LogP contribution in [0.15, 0.2) is 42.5 Å². The average molecular weight is 241 g/mol. The third-order valence-electron chi connectivity index (χ3n) is 2.94. The summed E-state index contributed by atoms with van der Waals surface area (Å²) in [4.78, 5) is 0. The van der Waals surface area contributed by atoms with Gasteiger partial charge in [0.25, 0.3) is 0 Å². The third kappa shape index (κ3) is 3.04. The summed E-state index contributed by atoms with van der Waals surface area (Å²) < 4.78 is 5.86. The molecule has 0 amide bonds. The minimum absolute atomic E-state index is 0.717. The minimum Gasteiger partial charge on any atom is -0.457 e. The first-order valence-electron chi connectivity index (χ1n) is 6.37. The number of nitrogen functional groups attached to an aromatic ring is 1. The van der Waals surface area contributed by atoms with E-state index in [1.807, 2.05) is 24.3 Å². The summed E-state index contributed by atoms with van der Waals surface area (Å²) in [6.07, 6.45) is 2.03. The van der Waals surface area contributed by atoms with Crippen LogP contribution in [-0.2, 0) is 12.8 Å². The SMILES string of the molecule is CCc1cc(CC)cc(Oc2cccc(N)c2)c1. The molecule has 2 heteroatoms. The number of aryl methyl sites for hydroxylation is 2. The van der Waals surface area contributed by atoms with Crippen molar-refractivity contribution in [1.29, 1.82) is 0 Å². The second-order valence-corrected chi connectivity index (χ2v) is 4.37. The summed E-state index contributed by atoms with van der Waals surface area (Å²) in [6.45, 7) is 4.30. The summed E-state index contributed by atoms with van der Waals surface area (Å²) >= 11 is 0. The highest BCUT2D eigenvalue weighted by atomic mass is 16.5. The number of hydrogen-bond acceptors (Lipinski definition) is 2. The molecule has 94 valence electrons. The van der Waals surface area contributed by atoms with E-state index in [0.717, 1.165) is 30.0 Å². The van der Waals surface area contributed by atoms with Crippen LogP contribution in [0.25, 0.3) is 0 Å². The summed E-state index contributed by atoms with van der Waals surface area (Å²) in [6, 6.07) is 13.9. The minimum atomic E-state index is 0.717. The summed E-state index contributed by atoms with van der Waals surface area (Å²) in [7, 11) is 0. The Bertz CT molecular complexity index is 512. The van der Waals surface area contributed by atoms with E-state index in [4.69, 9.17) is 10.5 Å². The molecule has 0 heterocycles. The molecule has 0 aliphatic carbocycles. The van der Waals surface area contributed by atoms with Gasteiger partial charge in [0.1, 0.15) is 11.5 Å². The van der Waals surface area contributed by atoms with Crippen LogP contribution < -0.4 is 10.5 Å². The highest BCUT2D eigenvalue weighted by molar-refractivity contribution is 5.46. The largest absolute Gasteiger partial charge is 0.457 e. The zero-order chi connectivity index (χ0) is 13.0. The number of hydrogen-bond donors (Lipinski definition) is 1. The van der Waals surface area contributed by atoms with Crippen LogP contribution in [0.5, 0.6) is 11.5 Å². The van der Waals surface area contributed by atoms with E-state index in [1.54, 1.807) is 0 Å². The average Bonchev–Trinajstić information content (AvgIpc) is 2.38. The Balaban J connectivity index is 2.28. The Labute approximate surface area is 108 Å². The van der Waals surface area contributed by atoms with Gasteiger partial charge in [-0.25, -0.2) is 0 Å². The third-order valence-corrected chi connectivity index (χ3v) is 2.94. The van der Waals surface area contributed by atoms with Crippen LogP contribution >= 0.6 is 0 Å². The number of benzene rings is 2. The lowest BCUT2D eigenvalue weighted by Gasteiger charge is -2.10. The van der Waals surface area contributed by atoms with Crippen molar-refractivity contribution in [3.05, 3.63) is 53.6 Å². The molecule has 0 aliphatic heterocycles. The molecule has 0 radical (unpaired) electrons. The normalized spacial score (nSPS) is 10.3. The lowest BCUT2D eigenvalue weighted by Crippen LogP contribution is -1.91. The second kappa shape index (κ2) is 5.58. The smallest absolute Gasteiger partial charge is 0.129 e. The summed E-state index contributed by atoms with van der Waals surface area (Å²) in [5, 5.41) is 0. The maximum atomic E-state index is 5.86. The first-order valence-corrected chi connectivity index (χ1v) is 6.37. The first kappa shape index (κ1) is 12.5. The predicted molar refractivity (Wildman–Crippen MR) is 76.1 cm³/mol. The quantitative estimate of drug-likeness (QED) is 0.815. The zero-order valence-electron chi connectivity index (χ0n) is 10.9. The van der Waals surface area contributed by atoms with Gasteiger partial charge in [-0.05, 0) is 48.2 Å². The Hall–Kier alpha value is -1.96. The van der Waals surface area contributed by atoms with Gasteiger partial charge in [0.15, 0.2) is 0 Å². The van der Waals surface area contributed by atoms with Crippen molar-refractivity contribution in [3.63, 3.8) is 0 Å². The number of rotatable bonds is 4. The monoisotopic (exact) mass is 241 g/mol. The number of ether oxygens (including phenoxy) is 1. The number of nitrogens with two attached hydrogens (primary N) is 1. The molecule has 2 N–H and O–H groups in total. The van der Waals surface area contributed by atoms with Gasteiger partial charge in [-0.2, -0.15) is 0 Å². The van der Waals surface area contributed by atoms with Gasteiger partial charge in [0, 0.05) is 11.8 Å². The van der Waals surface area contributed by atoms with E-state index in [2.05, 4.69) is 32.0 Å². The highest BCUT2D eigenvalue weighted by Crippen LogP contribution is 2.25. The van der Waals surface area contributed by atoms with Crippen LogP contribution in [-0.4, -0.2) is 0 Å². The van der Waals surface area contributed by atoms with Crippen LogP contribution in [0.3, 0.4) is 0 Å². The fourth-order valence-electron chi connectivity index (χ4n) is 1.91. The maximum absolute atomic E-state index is 5.86. The predicted octanol–water partition coefficient (Wildman–Crippen LogP) is 4.19. The zero-order valence-corrected chi connectivity index (χ0v) is 10.9. The molecule has 2 aromatic carbocycles. The van der Waals surface area contributed by atoms with E-state index in [-0.39, 0.29) is 0 Å². The lowest BCUT2D eigenvalue weighted by molar-refractivity contribution is 0.481. The van der Waals surface area contributed by atoms with Crippen molar-refractivity contribution >= 4 is 5.69 Å². The van der Waals surface area contributed by atoms with Gasteiger partial charge < -0.3 is 10.5 Å². The van der Waals surface area contributed by atoms with Crippen LogP contribution in [0.4, 0.5) is 5.69 Å². The molecule has 0 spiro atoms. The molecular formula is C16H19NO. The van der Waals surface area contributed by atoms with E-state index >= 15 is 0 Å². The van der Waals surface area contributed by atoms with Crippen LogP contribution in [0.2, 0.25) is 0 Å². The molecule has 0 saturated heterocycles. The summed E-state index contributed by atoms with van der Waals surface area (Å²) in [5.74, 6) is 1.67. The molecule has 2 aromatic rings. The second-order valence-electron chi connectivity index (χ2n) is 4.37. The molecule has 0 fully saturated rings. The van der Waals surface area contributed by atoms with E-state index in [1.165, 1.54) is 11.1 Å². The topological polar surface area (TPSA) is 35.2 Å². The van der Waals surface area contributed by atoms with Crippen molar-refractivity contribution in [1.82, 2.24) is 0 Å². The molecule has 0 aliphatic rings. The van der Waals surface area contributed by atoms with Gasteiger partial charge in [-0.1, -0.05) is 26.0 Å². The molecule has 2 rings (SSSR count). The lowest BCUT2D eigenvalue weighted by atomic mass is 10.1. The number of anilines is 1. The molecule has 0 aromatic heterocycles. The molecule has 0 saturated carbocycles. The maximum Gasteiger partial charge on any atom is 0.129 e. The Morgan fingerprint density at radius 1 is 0.889 bits per heavy atom. The Morgan fingerprint density at radius 3 is 2.11 bits per heavy atom. The van der Waals surface area contributed by atoms with Crippen LogP contribution in [0, 0.1) is 0 Å². The van der Waals surface area contributed by atoms with E-state index in [0.29, 0.717) is 0 Å². The summed E-state index contributed by atoms with van der Waals surface area (Å²) in [5.41, 5.74) is 9.06. The molecule has 0 atom stereocenters. The molecule has 18 heavy (non-hydrogen) atoms. The molecular weight excluding hydrogens is 222 g/mol. The first-order chi connectivity index (χ1) is 8.71. The van der Waals surface area contributed by atoms with Gasteiger partial charge in [-0.15, -0.1) is 0 Å². The van der Waals surface area contributed by atoms with Gasteiger partial charge in [0.05, 0.1) is 0 Å².